The van der Waals surface area contributed by atoms with E-state index in [-0.39, 0.29) is 11.2 Å². The monoisotopic (exact) mass is 566 g/mol. The second-order valence-corrected chi connectivity index (χ2v) is 11.4. The van der Waals surface area contributed by atoms with Gasteiger partial charge in [-0.1, -0.05) is 48.9 Å². The van der Waals surface area contributed by atoms with Gasteiger partial charge in [-0.05, 0) is 54.8 Å². The van der Waals surface area contributed by atoms with E-state index in [0.717, 1.165) is 24.1 Å². The summed E-state index contributed by atoms with van der Waals surface area (Å²) >= 11 is 6.76. The van der Waals surface area contributed by atoms with Gasteiger partial charge in [-0.3, -0.25) is 9.97 Å². The van der Waals surface area contributed by atoms with E-state index in [1.54, 1.807) is 24.4 Å². The number of hydrogen-bond acceptors (Lipinski definition) is 7. The number of nitrogens with one attached hydrogen (secondary N) is 2. The van der Waals surface area contributed by atoms with Crippen molar-refractivity contribution in [3.05, 3.63) is 107 Å². The van der Waals surface area contributed by atoms with Crippen LogP contribution in [0.25, 0.3) is 10.9 Å². The van der Waals surface area contributed by atoms with Gasteiger partial charge in [-0.2, -0.15) is 5.26 Å². The van der Waals surface area contributed by atoms with Gasteiger partial charge >= 0.3 is 0 Å². The molecule has 0 aliphatic heterocycles. The van der Waals surface area contributed by atoms with Gasteiger partial charge in [0.2, 0.25) is 0 Å². The van der Waals surface area contributed by atoms with Crippen molar-refractivity contribution in [2.75, 3.05) is 17.2 Å². The van der Waals surface area contributed by atoms with E-state index in [1.807, 2.05) is 35.1 Å². The Morgan fingerprint density at radius 2 is 1.95 bits per heavy atom. The summed E-state index contributed by atoms with van der Waals surface area (Å²) in [7, 11) is 0. The average molecular weight is 567 g/mol. The van der Waals surface area contributed by atoms with E-state index >= 15 is 0 Å². The standard InChI is InChI=1S/C31H28ClFN8/c1-31(2,27-5-3-4-12-35-27)18-37-28-20(15-34)16-36-30-24(28)13-22(14-25(30)32)38-29(19-6-8-21(33)9-7-19)26-17-41(40-39-26)23-10-11-23/h3-9,12-14,16-17,23,29,38H,10-11,18H2,1-2H3,(H,36,37). The minimum atomic E-state index is -0.414. The summed E-state index contributed by atoms with van der Waals surface area (Å²) in [6.45, 7) is 4.72. The van der Waals surface area contributed by atoms with Crippen LogP contribution < -0.4 is 10.6 Å². The largest absolute Gasteiger partial charge is 0.382 e. The van der Waals surface area contributed by atoms with Gasteiger partial charge in [-0.25, -0.2) is 9.07 Å². The van der Waals surface area contributed by atoms with Crippen molar-refractivity contribution in [1.29, 1.82) is 5.26 Å². The van der Waals surface area contributed by atoms with Crippen molar-refractivity contribution in [3.8, 4) is 6.07 Å². The molecule has 0 bridgehead atoms. The number of nitrogens with zero attached hydrogens (tertiary/aromatic N) is 6. The fraction of sp³-hybridized carbons (Fsp3) is 0.258. The quantitative estimate of drug-likeness (QED) is 0.202. The van der Waals surface area contributed by atoms with Crippen LogP contribution >= 0.6 is 11.6 Å². The Balaban J connectivity index is 1.38. The summed E-state index contributed by atoms with van der Waals surface area (Å²) in [6, 6.07) is 18.1. The van der Waals surface area contributed by atoms with Crippen LogP contribution in [-0.4, -0.2) is 31.5 Å². The third kappa shape index (κ3) is 5.56. The molecule has 8 nitrogen and oxygen atoms in total. The van der Waals surface area contributed by atoms with Crippen LogP contribution in [0, 0.1) is 17.1 Å². The zero-order chi connectivity index (χ0) is 28.6. The Hall–Kier alpha value is -4.55. The van der Waals surface area contributed by atoms with Crippen LogP contribution in [0.15, 0.2) is 73.2 Å². The highest BCUT2D eigenvalue weighted by Crippen LogP contribution is 2.37. The lowest BCUT2D eigenvalue weighted by atomic mass is 9.88. The SMILES string of the molecule is CC(C)(CNc1c(C#N)cnc2c(Cl)cc(NC(c3ccc(F)cc3)c3cn(C4CC4)nn3)cc12)c1ccccn1. The van der Waals surface area contributed by atoms with Crippen molar-refractivity contribution >= 4 is 33.9 Å². The van der Waals surface area contributed by atoms with Crippen molar-refractivity contribution in [2.45, 2.75) is 44.2 Å². The smallest absolute Gasteiger partial charge is 0.123 e. The molecular weight excluding hydrogens is 539 g/mol. The zero-order valence-electron chi connectivity index (χ0n) is 22.6. The molecule has 206 valence electrons. The first-order valence-corrected chi connectivity index (χ1v) is 13.8. The van der Waals surface area contributed by atoms with Gasteiger partial charge in [0.1, 0.15) is 17.6 Å². The van der Waals surface area contributed by atoms with Crippen LogP contribution in [0.5, 0.6) is 0 Å². The molecule has 3 heterocycles. The molecule has 1 atom stereocenters. The molecule has 41 heavy (non-hydrogen) atoms. The van der Waals surface area contributed by atoms with E-state index < -0.39 is 6.04 Å². The second-order valence-electron chi connectivity index (χ2n) is 10.9. The Labute approximate surface area is 242 Å². The number of fused-ring (bicyclic) bond motifs is 1. The first-order valence-electron chi connectivity index (χ1n) is 13.4. The summed E-state index contributed by atoms with van der Waals surface area (Å²) in [4.78, 5) is 9.01. The van der Waals surface area contributed by atoms with Gasteiger partial charge in [0.15, 0.2) is 0 Å². The van der Waals surface area contributed by atoms with Crippen LogP contribution in [0.3, 0.4) is 0 Å². The molecule has 1 aliphatic rings. The highest BCUT2D eigenvalue weighted by atomic mass is 35.5. The number of halogens is 2. The van der Waals surface area contributed by atoms with Gasteiger partial charge in [0.25, 0.3) is 0 Å². The highest BCUT2D eigenvalue weighted by Gasteiger charge is 2.27. The maximum atomic E-state index is 13.8. The van der Waals surface area contributed by atoms with E-state index in [2.05, 4.69) is 50.8 Å². The Kier molecular flexibility index (Phi) is 7.01. The molecule has 0 saturated heterocycles. The van der Waals surface area contributed by atoms with Crippen molar-refractivity contribution < 1.29 is 4.39 Å². The molecule has 1 saturated carbocycles. The lowest BCUT2D eigenvalue weighted by Crippen LogP contribution is -2.29. The van der Waals surface area contributed by atoms with Crippen molar-refractivity contribution in [1.82, 2.24) is 25.0 Å². The van der Waals surface area contributed by atoms with Crippen molar-refractivity contribution in [2.24, 2.45) is 0 Å². The van der Waals surface area contributed by atoms with E-state index in [0.29, 0.717) is 51.1 Å². The first-order chi connectivity index (χ1) is 19.8. The van der Waals surface area contributed by atoms with Crippen LogP contribution in [0.2, 0.25) is 5.02 Å². The lowest BCUT2D eigenvalue weighted by Gasteiger charge is -2.26. The molecule has 1 fully saturated rings. The molecule has 1 unspecified atom stereocenters. The van der Waals surface area contributed by atoms with E-state index in [9.17, 15) is 9.65 Å². The molecule has 0 radical (unpaired) electrons. The first kappa shape index (κ1) is 26.7. The van der Waals surface area contributed by atoms with Crippen LogP contribution in [0.1, 0.15) is 61.3 Å². The third-order valence-electron chi connectivity index (χ3n) is 7.37. The van der Waals surface area contributed by atoms with Gasteiger partial charge in [-0.15, -0.1) is 5.10 Å². The average Bonchev–Trinajstić information content (AvgIpc) is 3.72. The number of rotatable bonds is 9. The number of pyridine rings is 2. The minimum absolute atomic E-state index is 0.315. The number of aromatic nitrogens is 5. The summed E-state index contributed by atoms with van der Waals surface area (Å²) in [5, 5.41) is 26.9. The molecule has 2 N–H and O–H groups in total. The summed E-state index contributed by atoms with van der Waals surface area (Å²) in [5.74, 6) is -0.317. The van der Waals surface area contributed by atoms with Crippen molar-refractivity contribution in [3.63, 3.8) is 0 Å². The fourth-order valence-electron chi connectivity index (χ4n) is 4.87. The Bertz CT molecular complexity index is 1740. The molecule has 10 heteroatoms. The van der Waals surface area contributed by atoms with Crippen LogP contribution in [-0.2, 0) is 5.41 Å². The predicted molar refractivity (Wildman–Crippen MR) is 157 cm³/mol. The van der Waals surface area contributed by atoms with Crippen LogP contribution in [0.4, 0.5) is 15.8 Å². The fourth-order valence-corrected chi connectivity index (χ4v) is 5.14. The number of benzene rings is 2. The molecule has 0 spiro atoms. The topological polar surface area (TPSA) is 104 Å². The number of anilines is 2. The molecular formula is C31H28ClFN8. The molecule has 3 aromatic heterocycles. The minimum Gasteiger partial charge on any atom is -0.382 e. The molecule has 5 aromatic rings. The normalized spacial score (nSPS) is 14.0. The molecule has 0 amide bonds. The van der Waals surface area contributed by atoms with Gasteiger partial charge in [0, 0.05) is 41.1 Å². The maximum Gasteiger partial charge on any atom is 0.123 e. The molecule has 6 rings (SSSR count). The predicted octanol–water partition coefficient (Wildman–Crippen LogP) is 6.81. The van der Waals surface area contributed by atoms with Gasteiger partial charge < -0.3 is 10.6 Å². The van der Waals surface area contributed by atoms with Gasteiger partial charge in [0.05, 0.1) is 40.1 Å². The lowest BCUT2D eigenvalue weighted by molar-refractivity contribution is 0.538. The van der Waals surface area contributed by atoms with E-state index in [1.165, 1.54) is 18.3 Å². The molecule has 2 aromatic carbocycles. The number of hydrogen-bond donors (Lipinski definition) is 2. The Morgan fingerprint density at radius 3 is 2.66 bits per heavy atom. The number of nitriles is 1. The zero-order valence-corrected chi connectivity index (χ0v) is 23.4. The summed E-state index contributed by atoms with van der Waals surface area (Å²) in [6.07, 6.45) is 7.41. The molecule has 1 aliphatic carbocycles. The maximum absolute atomic E-state index is 13.8. The third-order valence-corrected chi connectivity index (χ3v) is 7.66. The summed E-state index contributed by atoms with van der Waals surface area (Å²) < 4.78 is 15.7. The second kappa shape index (κ2) is 10.8. The van der Waals surface area contributed by atoms with E-state index in [4.69, 9.17) is 11.6 Å². The highest BCUT2D eigenvalue weighted by molar-refractivity contribution is 6.35. The summed E-state index contributed by atoms with van der Waals surface area (Å²) in [5.41, 5.74) is 4.48. The Morgan fingerprint density at radius 1 is 1.15 bits per heavy atom.